The predicted octanol–water partition coefficient (Wildman–Crippen LogP) is 1.18. The zero-order valence-corrected chi connectivity index (χ0v) is 5.59. The van der Waals surface area contributed by atoms with Gasteiger partial charge in [-0.15, -0.1) is 0 Å². The Hall–Kier alpha value is 0.543. The van der Waals surface area contributed by atoms with Gasteiger partial charge >= 0.3 is 38.8 Å². The Bertz CT molecular complexity index is 30.6. The monoisotopic (exact) mass is 130 g/mol. The first-order valence-corrected chi connectivity index (χ1v) is 5.07. The van der Waals surface area contributed by atoms with E-state index in [9.17, 15) is 0 Å². The first-order valence-electron chi connectivity index (χ1n) is 2.10. The van der Waals surface area contributed by atoms with Gasteiger partial charge < -0.3 is 0 Å². The van der Waals surface area contributed by atoms with Crippen molar-refractivity contribution >= 4 is 15.4 Å². The Morgan fingerprint density at radius 3 is 2.00 bits per heavy atom. The molecule has 1 heteroatoms. The van der Waals surface area contributed by atoms with Crippen molar-refractivity contribution in [1.82, 2.24) is 0 Å². The van der Waals surface area contributed by atoms with Crippen molar-refractivity contribution in [3.8, 4) is 0 Å². The Morgan fingerprint density at radius 2 is 2.00 bits per heavy atom. The summed E-state index contributed by atoms with van der Waals surface area (Å²) in [6, 6.07) is 0. The molecule has 2 radical (unpaired) electrons. The van der Waals surface area contributed by atoms with Gasteiger partial charge in [0.15, 0.2) is 0 Å². The van der Waals surface area contributed by atoms with Gasteiger partial charge in [0.1, 0.15) is 0 Å². The molecule has 0 bridgehead atoms. The summed E-state index contributed by atoms with van der Waals surface area (Å²) in [7, 11) is 0. The van der Waals surface area contributed by atoms with E-state index >= 15 is 0 Å². The molecule has 0 N–H and O–H groups in total. The second-order valence-electron chi connectivity index (χ2n) is 1.76. The Morgan fingerprint density at radius 1 is 1.60 bits per heavy atom. The first-order chi connectivity index (χ1) is 2.39. The van der Waals surface area contributed by atoms with Crippen LogP contribution in [0.3, 0.4) is 0 Å². The molecule has 0 aromatic heterocycles. The molecule has 0 spiro atoms. The van der Waals surface area contributed by atoms with Crippen LogP contribution in [0.4, 0.5) is 0 Å². The zero-order chi connectivity index (χ0) is 3.70. The molecule has 1 aliphatic rings. The standard InChI is InChI=1S/C4H8Ge/c1-4-2-5-3-4/h4H,2-3H2,1H3. The molecule has 0 aromatic carbocycles. The van der Waals surface area contributed by atoms with Crippen LogP contribution in [0.15, 0.2) is 0 Å². The normalized spacial score (nSPS) is 25.8. The van der Waals surface area contributed by atoms with Crippen molar-refractivity contribution in [3.63, 3.8) is 0 Å². The molecule has 0 atom stereocenters. The summed E-state index contributed by atoms with van der Waals surface area (Å²) in [5.41, 5.74) is 0. The summed E-state index contributed by atoms with van der Waals surface area (Å²) >= 11 is 0.650. The van der Waals surface area contributed by atoms with Gasteiger partial charge in [0.25, 0.3) is 0 Å². The van der Waals surface area contributed by atoms with E-state index in [1.807, 2.05) is 0 Å². The third-order valence-electron chi connectivity index (χ3n) is 0.986. The summed E-state index contributed by atoms with van der Waals surface area (Å²) in [4.78, 5) is 0. The van der Waals surface area contributed by atoms with Crippen LogP contribution >= 0.6 is 0 Å². The maximum atomic E-state index is 2.34. The van der Waals surface area contributed by atoms with Crippen molar-refractivity contribution in [2.75, 3.05) is 0 Å². The van der Waals surface area contributed by atoms with Crippen molar-refractivity contribution < 1.29 is 0 Å². The quantitative estimate of drug-likeness (QED) is 0.430. The van der Waals surface area contributed by atoms with Crippen molar-refractivity contribution in [2.24, 2.45) is 5.92 Å². The molecular formula is C4H8Ge. The fourth-order valence-electron chi connectivity index (χ4n) is 0.433. The van der Waals surface area contributed by atoms with E-state index in [1.165, 1.54) is 0 Å². The van der Waals surface area contributed by atoms with Crippen LogP contribution in [0.25, 0.3) is 0 Å². The number of hydrogen-bond donors (Lipinski definition) is 0. The van der Waals surface area contributed by atoms with E-state index in [0.717, 1.165) is 5.92 Å². The van der Waals surface area contributed by atoms with Crippen LogP contribution in [-0.4, -0.2) is 15.4 Å². The summed E-state index contributed by atoms with van der Waals surface area (Å²) < 4.78 is 0. The average Bonchev–Trinajstić information content (AvgIpc) is 1.30. The van der Waals surface area contributed by atoms with Crippen molar-refractivity contribution in [3.05, 3.63) is 0 Å². The molecule has 0 nitrogen and oxygen atoms in total. The molecule has 1 fully saturated rings. The summed E-state index contributed by atoms with van der Waals surface area (Å²) in [6.45, 7) is 2.34. The van der Waals surface area contributed by atoms with Crippen LogP contribution in [0.1, 0.15) is 6.92 Å². The minimum absolute atomic E-state index is 0.650. The van der Waals surface area contributed by atoms with Crippen LogP contribution in [-0.2, 0) is 0 Å². The van der Waals surface area contributed by atoms with E-state index in [2.05, 4.69) is 6.92 Å². The second kappa shape index (κ2) is 1.33. The van der Waals surface area contributed by atoms with E-state index in [-0.39, 0.29) is 0 Å². The Balaban J connectivity index is 2.08. The van der Waals surface area contributed by atoms with E-state index in [1.54, 1.807) is 10.5 Å². The van der Waals surface area contributed by atoms with Gasteiger partial charge in [-0.05, 0) is 0 Å². The average molecular weight is 129 g/mol. The van der Waals surface area contributed by atoms with E-state index < -0.39 is 0 Å². The van der Waals surface area contributed by atoms with Gasteiger partial charge in [-0.25, -0.2) is 0 Å². The van der Waals surface area contributed by atoms with E-state index in [4.69, 9.17) is 0 Å². The molecule has 1 heterocycles. The molecule has 0 saturated carbocycles. The first kappa shape index (κ1) is 3.72. The third kappa shape index (κ3) is 0.686. The number of hydrogen-bond acceptors (Lipinski definition) is 0. The third-order valence-corrected chi connectivity index (χ3v) is 5.12. The van der Waals surface area contributed by atoms with Crippen LogP contribution in [0.5, 0.6) is 0 Å². The van der Waals surface area contributed by atoms with Crippen molar-refractivity contribution in [1.29, 1.82) is 0 Å². The molecular weight excluding hydrogens is 121 g/mol. The molecule has 1 rings (SSSR count). The fourth-order valence-corrected chi connectivity index (χ4v) is 2.25. The fraction of sp³-hybridized carbons (Fsp3) is 1.00. The van der Waals surface area contributed by atoms with Crippen molar-refractivity contribution in [2.45, 2.75) is 17.4 Å². The Labute approximate surface area is 39.4 Å². The summed E-state index contributed by atoms with van der Waals surface area (Å²) in [5.74, 6) is 1.12. The minimum atomic E-state index is 0.650. The van der Waals surface area contributed by atoms with Gasteiger partial charge in [0.2, 0.25) is 0 Å². The predicted molar refractivity (Wildman–Crippen MR) is 24.5 cm³/mol. The zero-order valence-electron chi connectivity index (χ0n) is 3.49. The molecule has 28 valence electrons. The van der Waals surface area contributed by atoms with Gasteiger partial charge in [0.05, 0.1) is 0 Å². The van der Waals surface area contributed by atoms with E-state index in [0.29, 0.717) is 15.4 Å². The van der Waals surface area contributed by atoms with Crippen LogP contribution < -0.4 is 0 Å². The van der Waals surface area contributed by atoms with Crippen LogP contribution in [0, 0.1) is 5.92 Å². The van der Waals surface area contributed by atoms with Gasteiger partial charge in [-0.1, -0.05) is 0 Å². The molecule has 0 aliphatic carbocycles. The summed E-state index contributed by atoms with van der Waals surface area (Å²) in [6.07, 6.45) is 0. The topological polar surface area (TPSA) is 0 Å². The van der Waals surface area contributed by atoms with Gasteiger partial charge in [-0.2, -0.15) is 0 Å². The molecule has 1 saturated heterocycles. The SMILES string of the molecule is CC1[CH2][Ge][CH2]1. The molecule has 0 aromatic rings. The van der Waals surface area contributed by atoms with Gasteiger partial charge in [0, 0.05) is 0 Å². The maximum absolute atomic E-state index is 2.34. The second-order valence-corrected chi connectivity index (χ2v) is 4.53. The van der Waals surface area contributed by atoms with Gasteiger partial charge in [-0.3, -0.25) is 0 Å². The molecule has 0 unspecified atom stereocenters. The molecule has 0 amide bonds. The molecule has 1 aliphatic heterocycles. The van der Waals surface area contributed by atoms with Crippen LogP contribution in [0.2, 0.25) is 10.5 Å². The summed E-state index contributed by atoms with van der Waals surface area (Å²) in [5, 5.41) is 3.22. The number of rotatable bonds is 0. The molecule has 5 heavy (non-hydrogen) atoms. The Kier molecular flexibility index (Phi) is 0.992.